The molecule has 3 saturated carbocycles. The van der Waals surface area contributed by atoms with Gasteiger partial charge in [0.2, 0.25) is 5.91 Å². The number of nitrogens with one attached hydrogen (secondary N) is 1. The molecule has 4 aliphatic rings. The van der Waals surface area contributed by atoms with Crippen molar-refractivity contribution in [3.8, 4) is 0 Å². The number of Topliss-reactive ketones (excluding diaryl/α,β-unsaturated/α-hetero) is 1. The van der Waals surface area contributed by atoms with Crippen LogP contribution < -0.4 is 5.32 Å². The van der Waals surface area contributed by atoms with Gasteiger partial charge in [0.1, 0.15) is 5.78 Å². The second kappa shape index (κ2) is 7.52. The Hall–Kier alpha value is -0.860. The number of piperidine rings is 1. The van der Waals surface area contributed by atoms with E-state index in [1.165, 1.54) is 32.1 Å². The molecule has 0 spiro atoms. The molecule has 0 aromatic rings. The fourth-order valence-corrected chi connectivity index (χ4v) is 7.85. The Bertz CT molecular complexity index is 587. The van der Waals surface area contributed by atoms with Crippen LogP contribution in [0.3, 0.4) is 0 Å². The molecule has 1 aliphatic heterocycles. The van der Waals surface area contributed by atoms with Gasteiger partial charge in [-0.15, -0.1) is 0 Å². The highest BCUT2D eigenvalue weighted by molar-refractivity contribution is 5.78. The minimum atomic E-state index is 0.215. The number of amides is 1. The van der Waals surface area contributed by atoms with Crippen LogP contribution in [-0.4, -0.2) is 17.7 Å². The predicted molar refractivity (Wildman–Crippen MR) is 110 cm³/mol. The summed E-state index contributed by atoms with van der Waals surface area (Å²) >= 11 is 0. The molecule has 3 aliphatic carbocycles. The summed E-state index contributed by atoms with van der Waals surface area (Å²) in [4.78, 5) is 24.0. The summed E-state index contributed by atoms with van der Waals surface area (Å²) in [7, 11) is 0. The van der Waals surface area contributed by atoms with E-state index in [1.54, 1.807) is 6.92 Å². The van der Waals surface area contributed by atoms with Crippen LogP contribution in [0, 0.1) is 40.4 Å². The Morgan fingerprint density at radius 2 is 1.67 bits per heavy atom. The molecule has 8 atom stereocenters. The zero-order valence-corrected chi connectivity index (χ0v) is 18.4. The highest BCUT2D eigenvalue weighted by Crippen LogP contribution is 2.66. The molecule has 3 heteroatoms. The molecule has 154 valence electrons. The van der Waals surface area contributed by atoms with Gasteiger partial charge in [0.05, 0.1) is 0 Å². The van der Waals surface area contributed by atoms with Gasteiger partial charge in [0.25, 0.3) is 0 Å². The van der Waals surface area contributed by atoms with Crippen LogP contribution in [0.2, 0.25) is 0 Å². The van der Waals surface area contributed by atoms with Gasteiger partial charge in [-0.25, -0.2) is 0 Å². The smallest absolute Gasteiger partial charge is 0.220 e. The first-order valence-electron chi connectivity index (χ1n) is 11.6. The number of fused-ring (bicyclic) bond motifs is 5. The van der Waals surface area contributed by atoms with Gasteiger partial charge in [0, 0.05) is 18.4 Å². The number of hydrogen-bond acceptors (Lipinski definition) is 2. The Labute approximate surface area is 166 Å². The lowest BCUT2D eigenvalue weighted by molar-refractivity contribution is -0.138. The SMILES string of the molecule is CC.CC(=O)C(C)C1CCC2C3CCC4NC(=O)CCC4(C)C3CCC12C. The van der Waals surface area contributed by atoms with Crippen LogP contribution >= 0.6 is 0 Å². The first kappa shape index (κ1) is 20.9. The molecule has 1 heterocycles. The number of ketones is 1. The molecule has 27 heavy (non-hydrogen) atoms. The second-order valence-electron chi connectivity index (χ2n) is 10.2. The molecule has 3 nitrogen and oxygen atoms in total. The van der Waals surface area contributed by atoms with Gasteiger partial charge in [-0.3, -0.25) is 9.59 Å². The van der Waals surface area contributed by atoms with E-state index >= 15 is 0 Å². The fourth-order valence-electron chi connectivity index (χ4n) is 7.85. The number of rotatable bonds is 2. The van der Waals surface area contributed by atoms with Crippen LogP contribution in [0.15, 0.2) is 0 Å². The lowest BCUT2D eigenvalue weighted by atomic mass is 9.46. The lowest BCUT2D eigenvalue weighted by Crippen LogP contribution is -2.61. The third-order valence-corrected chi connectivity index (χ3v) is 9.41. The molecule has 8 unspecified atom stereocenters. The summed E-state index contributed by atoms with van der Waals surface area (Å²) in [6.45, 7) is 12.9. The van der Waals surface area contributed by atoms with Gasteiger partial charge in [-0.05, 0) is 86.4 Å². The van der Waals surface area contributed by atoms with Crippen molar-refractivity contribution in [2.45, 2.75) is 99.0 Å². The van der Waals surface area contributed by atoms with Crippen molar-refractivity contribution >= 4 is 11.7 Å². The van der Waals surface area contributed by atoms with E-state index in [-0.39, 0.29) is 11.8 Å². The molecule has 1 amide bonds. The van der Waals surface area contributed by atoms with Gasteiger partial charge >= 0.3 is 0 Å². The standard InChI is InChI=1S/C22H35NO2.C2H6/c1-13(14(2)24)16-6-7-17-15-5-8-19-22(4,12-10-20(25)23-19)18(15)9-11-21(16,17)3;1-2/h13,15-19H,5-12H2,1-4H3,(H,23,25);1-2H3. The molecule has 4 fully saturated rings. The van der Waals surface area contributed by atoms with Gasteiger partial charge in [-0.2, -0.15) is 0 Å². The molecular formula is C24H41NO2. The summed E-state index contributed by atoms with van der Waals surface area (Å²) < 4.78 is 0. The monoisotopic (exact) mass is 375 g/mol. The summed E-state index contributed by atoms with van der Waals surface area (Å²) in [6.07, 6.45) is 9.33. The molecule has 1 saturated heterocycles. The van der Waals surface area contributed by atoms with E-state index in [0.29, 0.717) is 35.0 Å². The maximum Gasteiger partial charge on any atom is 0.220 e. The molecule has 0 bridgehead atoms. The summed E-state index contributed by atoms with van der Waals surface area (Å²) in [5.41, 5.74) is 0.649. The largest absolute Gasteiger partial charge is 0.353 e. The third kappa shape index (κ3) is 3.17. The second-order valence-corrected chi connectivity index (χ2v) is 10.2. The van der Waals surface area contributed by atoms with E-state index < -0.39 is 0 Å². The molecular weight excluding hydrogens is 334 g/mol. The first-order chi connectivity index (χ1) is 12.8. The zero-order chi connectivity index (χ0) is 20.0. The average Bonchev–Trinajstić information content (AvgIpc) is 3.00. The molecule has 0 radical (unpaired) electrons. The fraction of sp³-hybridized carbons (Fsp3) is 0.917. The Morgan fingerprint density at radius 1 is 1.00 bits per heavy atom. The van der Waals surface area contributed by atoms with Crippen molar-refractivity contribution in [3.63, 3.8) is 0 Å². The van der Waals surface area contributed by atoms with Crippen LogP contribution in [0.25, 0.3) is 0 Å². The van der Waals surface area contributed by atoms with E-state index in [4.69, 9.17) is 0 Å². The number of carbonyl (C=O) groups is 2. The average molecular weight is 376 g/mol. The van der Waals surface area contributed by atoms with Crippen molar-refractivity contribution in [2.24, 2.45) is 40.4 Å². The van der Waals surface area contributed by atoms with Crippen molar-refractivity contribution in [1.82, 2.24) is 5.32 Å². The Kier molecular flexibility index (Phi) is 5.81. The topological polar surface area (TPSA) is 46.2 Å². The quantitative estimate of drug-likeness (QED) is 0.705. The predicted octanol–water partition coefficient (Wildman–Crippen LogP) is 5.38. The Morgan fingerprint density at radius 3 is 2.33 bits per heavy atom. The van der Waals surface area contributed by atoms with E-state index in [0.717, 1.165) is 30.6 Å². The number of carbonyl (C=O) groups excluding carboxylic acids is 2. The van der Waals surface area contributed by atoms with Crippen LogP contribution in [-0.2, 0) is 9.59 Å². The van der Waals surface area contributed by atoms with Crippen molar-refractivity contribution in [3.05, 3.63) is 0 Å². The van der Waals surface area contributed by atoms with E-state index in [2.05, 4.69) is 26.1 Å². The summed E-state index contributed by atoms with van der Waals surface area (Å²) in [6, 6.07) is 0.396. The van der Waals surface area contributed by atoms with Gasteiger partial charge < -0.3 is 5.32 Å². The molecule has 0 aromatic carbocycles. The molecule has 4 rings (SSSR count). The lowest BCUT2D eigenvalue weighted by Gasteiger charge is -2.60. The van der Waals surface area contributed by atoms with Gasteiger partial charge in [-0.1, -0.05) is 34.6 Å². The molecule has 1 N–H and O–H groups in total. The maximum atomic E-state index is 12.1. The van der Waals surface area contributed by atoms with E-state index in [1.807, 2.05) is 13.8 Å². The summed E-state index contributed by atoms with van der Waals surface area (Å²) in [5.74, 6) is 3.78. The maximum absolute atomic E-state index is 12.1. The van der Waals surface area contributed by atoms with Crippen LogP contribution in [0.1, 0.15) is 92.9 Å². The van der Waals surface area contributed by atoms with Crippen LogP contribution in [0.5, 0.6) is 0 Å². The first-order valence-corrected chi connectivity index (χ1v) is 11.6. The Balaban J connectivity index is 0.00000102. The van der Waals surface area contributed by atoms with Crippen molar-refractivity contribution in [1.29, 1.82) is 0 Å². The molecule has 0 aromatic heterocycles. The zero-order valence-electron chi connectivity index (χ0n) is 18.4. The van der Waals surface area contributed by atoms with Crippen LogP contribution in [0.4, 0.5) is 0 Å². The minimum absolute atomic E-state index is 0.215. The van der Waals surface area contributed by atoms with E-state index in [9.17, 15) is 9.59 Å². The minimum Gasteiger partial charge on any atom is -0.353 e. The van der Waals surface area contributed by atoms with Crippen molar-refractivity contribution in [2.75, 3.05) is 0 Å². The van der Waals surface area contributed by atoms with Gasteiger partial charge in [0.15, 0.2) is 0 Å². The highest BCUT2D eigenvalue weighted by atomic mass is 16.1. The normalized spacial score (nSPS) is 46.7. The number of hydrogen-bond donors (Lipinski definition) is 1. The highest BCUT2D eigenvalue weighted by Gasteiger charge is 2.61. The third-order valence-electron chi connectivity index (χ3n) is 9.41. The van der Waals surface area contributed by atoms with Crippen molar-refractivity contribution < 1.29 is 9.59 Å². The summed E-state index contributed by atoms with van der Waals surface area (Å²) in [5, 5.41) is 3.32.